The SMILES string of the molecule is OC1CC(Oc2ccccc2OC(F)(F)F)C12CCCC2. The van der Waals surface area contributed by atoms with Crippen molar-refractivity contribution in [3.8, 4) is 11.5 Å². The van der Waals surface area contributed by atoms with Gasteiger partial charge in [-0.1, -0.05) is 25.0 Å². The first kappa shape index (κ1) is 14.5. The average Bonchev–Trinajstić information content (AvgIpc) is 2.91. The maximum absolute atomic E-state index is 12.4. The van der Waals surface area contributed by atoms with E-state index in [9.17, 15) is 18.3 Å². The molecule has 0 aliphatic heterocycles. The monoisotopic (exact) mass is 302 g/mol. The number of alkyl halides is 3. The average molecular weight is 302 g/mol. The molecular formula is C15H17F3O3. The maximum Gasteiger partial charge on any atom is 0.573 e. The number of aliphatic hydroxyl groups excluding tert-OH is 1. The van der Waals surface area contributed by atoms with E-state index >= 15 is 0 Å². The quantitative estimate of drug-likeness (QED) is 0.926. The summed E-state index contributed by atoms with van der Waals surface area (Å²) in [6, 6.07) is 5.78. The maximum atomic E-state index is 12.4. The van der Waals surface area contributed by atoms with Crippen molar-refractivity contribution in [3.63, 3.8) is 0 Å². The first-order valence-corrected chi connectivity index (χ1v) is 7.10. The van der Waals surface area contributed by atoms with Gasteiger partial charge in [-0.05, 0) is 25.0 Å². The standard InChI is InChI=1S/C15H17F3O3/c16-15(17,18)21-11-6-2-1-5-10(11)20-13-9-12(19)14(13)7-3-4-8-14/h1-2,5-6,12-13,19H,3-4,7-9H2. The van der Waals surface area contributed by atoms with E-state index in [-0.39, 0.29) is 23.0 Å². The number of halogens is 3. The lowest BCUT2D eigenvalue weighted by atomic mass is 9.62. The van der Waals surface area contributed by atoms with E-state index in [1.165, 1.54) is 18.2 Å². The zero-order valence-corrected chi connectivity index (χ0v) is 11.4. The van der Waals surface area contributed by atoms with E-state index in [4.69, 9.17) is 4.74 Å². The zero-order valence-electron chi connectivity index (χ0n) is 11.4. The van der Waals surface area contributed by atoms with Crippen LogP contribution in [0.25, 0.3) is 0 Å². The molecule has 0 bridgehead atoms. The molecular weight excluding hydrogens is 285 g/mol. The summed E-state index contributed by atoms with van der Waals surface area (Å²) in [6.45, 7) is 0. The van der Waals surface area contributed by atoms with E-state index in [0.717, 1.165) is 25.7 Å². The third-order valence-corrected chi connectivity index (χ3v) is 4.62. The van der Waals surface area contributed by atoms with Crippen LogP contribution in [0.15, 0.2) is 24.3 Å². The minimum absolute atomic E-state index is 0.0815. The van der Waals surface area contributed by atoms with Gasteiger partial charge in [-0.3, -0.25) is 0 Å². The van der Waals surface area contributed by atoms with Gasteiger partial charge in [-0.2, -0.15) is 0 Å². The van der Waals surface area contributed by atoms with Crippen molar-refractivity contribution in [1.82, 2.24) is 0 Å². The molecule has 0 saturated heterocycles. The largest absolute Gasteiger partial charge is 0.573 e. The van der Waals surface area contributed by atoms with Crippen molar-refractivity contribution in [1.29, 1.82) is 0 Å². The van der Waals surface area contributed by atoms with Crippen LogP contribution in [0.1, 0.15) is 32.1 Å². The fourth-order valence-electron chi connectivity index (χ4n) is 3.49. The van der Waals surface area contributed by atoms with Crippen molar-refractivity contribution < 1.29 is 27.8 Å². The summed E-state index contributed by atoms with van der Waals surface area (Å²) in [6.07, 6.45) is -1.17. The van der Waals surface area contributed by atoms with Crippen molar-refractivity contribution in [2.24, 2.45) is 5.41 Å². The molecule has 1 N–H and O–H groups in total. The fourth-order valence-corrected chi connectivity index (χ4v) is 3.49. The van der Waals surface area contributed by atoms with Crippen LogP contribution in [0.4, 0.5) is 13.2 Å². The van der Waals surface area contributed by atoms with Crippen LogP contribution >= 0.6 is 0 Å². The summed E-state index contributed by atoms with van der Waals surface area (Å²) in [7, 11) is 0. The number of hydrogen-bond acceptors (Lipinski definition) is 3. The van der Waals surface area contributed by atoms with Gasteiger partial charge in [-0.15, -0.1) is 13.2 Å². The highest BCUT2D eigenvalue weighted by molar-refractivity contribution is 5.40. The van der Waals surface area contributed by atoms with Crippen molar-refractivity contribution in [2.75, 3.05) is 0 Å². The summed E-state index contributed by atoms with van der Waals surface area (Å²) in [4.78, 5) is 0. The van der Waals surface area contributed by atoms with Crippen molar-refractivity contribution in [3.05, 3.63) is 24.3 Å². The van der Waals surface area contributed by atoms with Crippen LogP contribution in [-0.4, -0.2) is 23.7 Å². The summed E-state index contributed by atoms with van der Waals surface area (Å²) >= 11 is 0. The molecule has 2 atom stereocenters. The Labute approximate surface area is 120 Å². The minimum Gasteiger partial charge on any atom is -0.486 e. The molecule has 0 aromatic heterocycles. The van der Waals surface area contributed by atoms with Crippen LogP contribution < -0.4 is 9.47 Å². The zero-order chi connectivity index (χ0) is 15.1. The molecule has 1 aromatic carbocycles. The van der Waals surface area contributed by atoms with Gasteiger partial charge < -0.3 is 14.6 Å². The van der Waals surface area contributed by atoms with Crippen molar-refractivity contribution >= 4 is 0 Å². The first-order chi connectivity index (χ1) is 9.91. The Hall–Kier alpha value is -1.43. The van der Waals surface area contributed by atoms with E-state index in [1.807, 2.05) is 0 Å². The summed E-state index contributed by atoms with van der Waals surface area (Å²) in [5.74, 6) is -0.252. The first-order valence-electron chi connectivity index (χ1n) is 7.10. The molecule has 2 saturated carbocycles. The molecule has 0 heterocycles. The van der Waals surface area contributed by atoms with Crippen LogP contribution in [0.3, 0.4) is 0 Å². The van der Waals surface area contributed by atoms with Gasteiger partial charge >= 0.3 is 6.36 Å². The topological polar surface area (TPSA) is 38.7 Å². The molecule has 1 aromatic rings. The lowest BCUT2D eigenvalue weighted by Crippen LogP contribution is -2.58. The van der Waals surface area contributed by atoms with E-state index in [0.29, 0.717) is 6.42 Å². The van der Waals surface area contributed by atoms with Gasteiger partial charge in [0.1, 0.15) is 6.10 Å². The normalized spacial score (nSPS) is 27.4. The van der Waals surface area contributed by atoms with E-state index in [2.05, 4.69) is 4.74 Å². The third-order valence-electron chi connectivity index (χ3n) is 4.62. The lowest BCUT2D eigenvalue weighted by Gasteiger charge is -2.51. The van der Waals surface area contributed by atoms with Gasteiger partial charge in [0.25, 0.3) is 0 Å². The molecule has 2 unspecified atom stereocenters. The number of hydrogen-bond donors (Lipinski definition) is 1. The molecule has 1 spiro atoms. The number of para-hydroxylation sites is 2. The molecule has 0 amide bonds. The second-order valence-corrected chi connectivity index (χ2v) is 5.79. The molecule has 2 aliphatic rings. The van der Waals surface area contributed by atoms with Crippen LogP contribution in [0.2, 0.25) is 0 Å². The Morgan fingerprint density at radius 3 is 2.29 bits per heavy atom. The highest BCUT2D eigenvalue weighted by Crippen LogP contribution is 2.55. The molecule has 2 aliphatic carbocycles. The van der Waals surface area contributed by atoms with Gasteiger partial charge in [0.15, 0.2) is 11.5 Å². The molecule has 6 heteroatoms. The number of rotatable bonds is 3. The Balaban J connectivity index is 1.76. The van der Waals surface area contributed by atoms with Crippen molar-refractivity contribution in [2.45, 2.75) is 50.7 Å². The highest BCUT2D eigenvalue weighted by Gasteiger charge is 2.57. The predicted molar refractivity (Wildman–Crippen MR) is 69.1 cm³/mol. The Morgan fingerprint density at radius 1 is 1.10 bits per heavy atom. The van der Waals surface area contributed by atoms with Gasteiger partial charge in [-0.25, -0.2) is 0 Å². The second-order valence-electron chi connectivity index (χ2n) is 5.79. The van der Waals surface area contributed by atoms with E-state index < -0.39 is 12.5 Å². The lowest BCUT2D eigenvalue weighted by molar-refractivity contribution is -0.275. The predicted octanol–water partition coefficient (Wildman–Crippen LogP) is 3.66. The van der Waals surface area contributed by atoms with Gasteiger partial charge in [0.2, 0.25) is 0 Å². The number of benzene rings is 1. The van der Waals surface area contributed by atoms with Crippen LogP contribution in [-0.2, 0) is 0 Å². The summed E-state index contributed by atoms with van der Waals surface area (Å²) in [5, 5.41) is 10.0. The number of aliphatic hydroxyl groups is 1. The molecule has 116 valence electrons. The van der Waals surface area contributed by atoms with E-state index in [1.54, 1.807) is 6.07 Å². The van der Waals surface area contributed by atoms with Gasteiger partial charge in [0, 0.05) is 11.8 Å². The smallest absolute Gasteiger partial charge is 0.486 e. The third kappa shape index (κ3) is 2.69. The van der Waals surface area contributed by atoms with Gasteiger partial charge in [0.05, 0.1) is 6.10 Å². The van der Waals surface area contributed by atoms with Crippen LogP contribution in [0.5, 0.6) is 11.5 Å². The fraction of sp³-hybridized carbons (Fsp3) is 0.600. The molecule has 21 heavy (non-hydrogen) atoms. The second kappa shape index (κ2) is 5.09. The minimum atomic E-state index is -4.75. The molecule has 2 fully saturated rings. The summed E-state index contributed by atoms with van der Waals surface area (Å²) in [5.41, 5.74) is -0.286. The Kier molecular flexibility index (Phi) is 3.51. The number of ether oxygens (including phenoxy) is 2. The Bertz CT molecular complexity index is 509. The summed E-state index contributed by atoms with van der Waals surface area (Å²) < 4.78 is 46.9. The molecule has 3 nitrogen and oxygen atoms in total. The highest BCUT2D eigenvalue weighted by atomic mass is 19.4. The van der Waals surface area contributed by atoms with Crippen LogP contribution in [0, 0.1) is 5.41 Å². The Morgan fingerprint density at radius 2 is 1.71 bits per heavy atom. The molecule has 3 rings (SSSR count). The molecule has 0 radical (unpaired) electrons.